The van der Waals surface area contributed by atoms with Crippen LogP contribution in [0.3, 0.4) is 0 Å². The fourth-order valence-corrected chi connectivity index (χ4v) is 8.20. The number of hydrogen-bond donors (Lipinski definition) is 1. The summed E-state index contributed by atoms with van der Waals surface area (Å²) in [5, 5.41) is 12.8. The van der Waals surface area contributed by atoms with Gasteiger partial charge in [-0.1, -0.05) is 18.2 Å². The van der Waals surface area contributed by atoms with Gasteiger partial charge in [-0.05, 0) is 37.1 Å². The van der Waals surface area contributed by atoms with E-state index in [4.69, 9.17) is 4.74 Å². The molecule has 6 rings (SSSR count). The van der Waals surface area contributed by atoms with Crippen LogP contribution in [-0.2, 0) is 19.9 Å². The number of para-hydroxylation sites is 1. The van der Waals surface area contributed by atoms with Crippen molar-refractivity contribution in [2.24, 2.45) is 0 Å². The first-order valence-corrected chi connectivity index (χ1v) is 17.3. The first kappa shape index (κ1) is 39.6. The van der Waals surface area contributed by atoms with Crippen molar-refractivity contribution in [3.63, 3.8) is 0 Å². The van der Waals surface area contributed by atoms with Gasteiger partial charge in [0.05, 0.1) is 22.7 Å². The Kier molecular flexibility index (Phi) is 13.3. The van der Waals surface area contributed by atoms with Crippen molar-refractivity contribution in [2.75, 3.05) is 50.0 Å². The number of benzene rings is 2. The van der Waals surface area contributed by atoms with E-state index in [0.717, 1.165) is 30.7 Å². The normalized spacial score (nSPS) is 19.4. The van der Waals surface area contributed by atoms with Crippen molar-refractivity contribution in [3.8, 4) is 5.75 Å². The van der Waals surface area contributed by atoms with Crippen molar-refractivity contribution in [2.45, 2.75) is 30.3 Å². The molecule has 2 saturated heterocycles. The van der Waals surface area contributed by atoms with Gasteiger partial charge in [0.25, 0.3) is 11.8 Å². The molecule has 2 atom stereocenters. The van der Waals surface area contributed by atoms with Crippen molar-refractivity contribution < 1.29 is 101 Å². The molecular formula is C30H30FN5Na2O9S2. The Morgan fingerprint density at radius 3 is 2.33 bits per heavy atom. The number of pyridine rings is 1. The van der Waals surface area contributed by atoms with Crippen LogP contribution in [0.5, 0.6) is 5.75 Å². The number of carboxylic acid groups (broad SMARTS) is 1. The fourth-order valence-electron chi connectivity index (χ4n) is 5.77. The number of piperazine rings is 1. The third kappa shape index (κ3) is 8.83. The maximum Gasteiger partial charge on any atom is 1.00 e. The number of hydrogen-bond acceptors (Lipinski definition) is 12. The van der Waals surface area contributed by atoms with E-state index in [2.05, 4.69) is 10.2 Å². The number of halogens is 1. The van der Waals surface area contributed by atoms with Crippen LogP contribution in [0, 0.1) is 5.82 Å². The zero-order valence-electron chi connectivity index (χ0n) is 26.9. The standard InChI is InChI=1S/C30H32FN5O9S2.2Na/c31-22-14-20-23(35(18-6-7-18)16-21(27(20)38)30(40)41)15-24(22)34-10-8-33(9-11-34)12-13-46-29-26(28(39)36(29)47(42,43)44)32-25(37)17-45-19-4-2-1-3-5-19;;/h1-5,14-16,18,26,29H,6-13,17H2,(H,32,37)(H,40,41)(H,42,43,44);;/q;2*+1/p-2/t26-,29?;;/m0../s1. The largest absolute Gasteiger partial charge is 1.00 e. The van der Waals surface area contributed by atoms with Gasteiger partial charge in [0, 0.05) is 56.1 Å². The first-order chi connectivity index (χ1) is 22.4. The number of fused-ring (bicyclic) bond motifs is 1. The molecule has 19 heteroatoms. The average Bonchev–Trinajstić information content (AvgIpc) is 3.88. The molecule has 14 nitrogen and oxygen atoms in total. The molecular weight excluding hydrogens is 703 g/mol. The molecule has 0 bridgehead atoms. The Balaban J connectivity index is 0.00000270. The van der Waals surface area contributed by atoms with Gasteiger partial charge in [0.1, 0.15) is 23.0 Å². The SMILES string of the molecule is O=C(COc1ccccc1)N[C@H]1C(=O)N(S(=O)(=O)[O-])C1SCCN1CCN(c2cc3c(cc2F)c(=O)c(C(=O)[O-])cn3C2CC2)CC1.[Na+].[Na+]. The fraction of sp³-hybridized carbons (Fsp3) is 0.400. The zero-order chi connectivity index (χ0) is 33.5. The molecule has 1 N–H and O–H groups in total. The summed E-state index contributed by atoms with van der Waals surface area (Å²) in [5.41, 5.74) is -0.542. The summed E-state index contributed by atoms with van der Waals surface area (Å²) in [5.74, 6) is -3.15. The van der Waals surface area contributed by atoms with Gasteiger partial charge in [-0.25, -0.2) is 17.1 Å². The van der Waals surface area contributed by atoms with Gasteiger partial charge in [-0.3, -0.25) is 19.3 Å². The van der Waals surface area contributed by atoms with Gasteiger partial charge in [-0.2, -0.15) is 0 Å². The van der Waals surface area contributed by atoms with Crippen LogP contribution < -0.4 is 84.6 Å². The van der Waals surface area contributed by atoms with E-state index in [9.17, 15) is 37.3 Å². The number of carbonyl (C=O) groups is 3. The van der Waals surface area contributed by atoms with E-state index in [1.54, 1.807) is 41.0 Å². The second-order valence-corrected chi connectivity index (χ2v) is 13.9. The summed E-state index contributed by atoms with van der Waals surface area (Å²) in [7, 11) is -5.09. The number of carboxylic acids is 1. The van der Waals surface area contributed by atoms with Crippen LogP contribution in [0.4, 0.5) is 10.1 Å². The Morgan fingerprint density at radius 1 is 1.04 bits per heavy atom. The zero-order valence-corrected chi connectivity index (χ0v) is 32.5. The predicted molar refractivity (Wildman–Crippen MR) is 166 cm³/mol. The minimum absolute atomic E-state index is 0. The van der Waals surface area contributed by atoms with Crippen LogP contribution >= 0.6 is 11.8 Å². The topological polar surface area (TPSA) is 184 Å². The summed E-state index contributed by atoms with van der Waals surface area (Å²) in [4.78, 5) is 53.1. The Morgan fingerprint density at radius 2 is 1.71 bits per heavy atom. The second-order valence-electron chi connectivity index (χ2n) is 11.4. The van der Waals surface area contributed by atoms with Crippen molar-refractivity contribution >= 4 is 56.4 Å². The van der Waals surface area contributed by atoms with E-state index >= 15 is 4.39 Å². The maximum absolute atomic E-state index is 15.3. The van der Waals surface area contributed by atoms with Crippen molar-refractivity contribution in [3.05, 3.63) is 70.3 Å². The van der Waals surface area contributed by atoms with Crippen LogP contribution in [0.2, 0.25) is 0 Å². The Bertz CT molecular complexity index is 1890. The smallest absolute Gasteiger partial charge is 0.731 e. The van der Waals surface area contributed by atoms with Gasteiger partial charge >= 0.3 is 59.1 Å². The van der Waals surface area contributed by atoms with Gasteiger partial charge in [0.2, 0.25) is 0 Å². The van der Waals surface area contributed by atoms with Gasteiger partial charge in [0.15, 0.2) is 22.3 Å². The summed E-state index contributed by atoms with van der Waals surface area (Å²) in [6.45, 7) is 1.95. The average molecular weight is 734 g/mol. The molecule has 3 fully saturated rings. The van der Waals surface area contributed by atoms with Crippen LogP contribution in [0.25, 0.3) is 10.9 Å². The number of aromatic nitrogens is 1. The molecule has 1 aromatic heterocycles. The molecule has 1 unspecified atom stereocenters. The molecule has 2 amide bonds. The number of carbonyl (C=O) groups excluding carboxylic acids is 3. The van der Waals surface area contributed by atoms with Crippen molar-refractivity contribution in [1.29, 1.82) is 0 Å². The van der Waals surface area contributed by atoms with E-state index in [1.165, 1.54) is 6.20 Å². The second kappa shape index (κ2) is 16.4. The van der Waals surface area contributed by atoms with Gasteiger partial charge in [-0.15, -0.1) is 11.8 Å². The maximum atomic E-state index is 15.3. The van der Waals surface area contributed by atoms with E-state index < -0.39 is 62.9 Å². The molecule has 0 radical (unpaired) electrons. The number of anilines is 1. The van der Waals surface area contributed by atoms with Crippen LogP contribution in [-0.4, -0.2) is 101 Å². The Hall–Kier alpha value is -2.19. The molecule has 3 heterocycles. The molecule has 3 aromatic rings. The molecule has 2 aromatic carbocycles. The van der Waals surface area contributed by atoms with E-state index in [1.807, 2.05) is 4.90 Å². The summed E-state index contributed by atoms with van der Waals surface area (Å²) < 4.78 is 57.9. The Labute approximate surface area is 329 Å². The molecule has 250 valence electrons. The van der Waals surface area contributed by atoms with Crippen LogP contribution in [0.15, 0.2) is 53.5 Å². The monoisotopic (exact) mass is 733 g/mol. The number of rotatable bonds is 12. The minimum atomic E-state index is -5.09. The number of aromatic carboxylic acids is 1. The molecule has 3 aliphatic rings. The summed E-state index contributed by atoms with van der Waals surface area (Å²) >= 11 is 1.05. The van der Waals surface area contributed by atoms with E-state index in [-0.39, 0.29) is 74.8 Å². The number of thioether (sulfide) groups is 1. The predicted octanol–water partition coefficient (Wildman–Crippen LogP) is -6.11. The number of β-lactam (4-membered cyclic amide) rings is 1. The third-order valence-electron chi connectivity index (χ3n) is 8.34. The molecule has 2 aliphatic heterocycles. The third-order valence-corrected chi connectivity index (χ3v) is 10.6. The molecule has 49 heavy (non-hydrogen) atoms. The number of amides is 2. The molecule has 0 spiro atoms. The van der Waals surface area contributed by atoms with Gasteiger partial charge < -0.3 is 34.0 Å². The quantitative estimate of drug-likeness (QED) is 0.106. The van der Waals surface area contributed by atoms with Crippen molar-refractivity contribution in [1.82, 2.24) is 19.1 Å². The summed E-state index contributed by atoms with van der Waals surface area (Å²) in [6, 6.07) is 10.00. The number of nitrogens with zero attached hydrogens (tertiary/aromatic N) is 4. The summed E-state index contributed by atoms with van der Waals surface area (Å²) in [6.07, 6.45) is 2.91. The minimum Gasteiger partial charge on any atom is -0.731 e. The molecule has 1 aliphatic carbocycles. The molecule has 1 saturated carbocycles. The van der Waals surface area contributed by atoms with E-state index in [0.29, 0.717) is 55.4 Å². The van der Waals surface area contributed by atoms with Crippen LogP contribution in [0.1, 0.15) is 29.2 Å². The number of ether oxygens (including phenoxy) is 1. The number of nitrogens with one attached hydrogen (secondary N) is 1. The first-order valence-electron chi connectivity index (χ1n) is 14.9.